The number of carbonyl (C=O) groups excluding carboxylic acids is 2. The van der Waals surface area contributed by atoms with Gasteiger partial charge < -0.3 is 15.4 Å². The molecule has 6 nitrogen and oxygen atoms in total. The van der Waals surface area contributed by atoms with Crippen molar-refractivity contribution in [2.24, 2.45) is 0 Å². The minimum atomic E-state index is -0.383. The zero-order valence-electron chi connectivity index (χ0n) is 15.2. The Bertz CT molecular complexity index is 729. The lowest BCUT2D eigenvalue weighted by molar-refractivity contribution is 0.0527. The smallest absolute Gasteiger partial charge is 0.340 e. The van der Waals surface area contributed by atoms with Crippen molar-refractivity contribution >= 4 is 23.3 Å². The first-order chi connectivity index (χ1) is 12.7. The Hall–Kier alpha value is -2.89. The molecule has 0 unspecified atom stereocenters. The van der Waals surface area contributed by atoms with Crippen LogP contribution >= 0.6 is 0 Å². The van der Waals surface area contributed by atoms with Crippen molar-refractivity contribution in [3.05, 3.63) is 53.9 Å². The Morgan fingerprint density at radius 3 is 2.58 bits per heavy atom. The monoisotopic (exact) mass is 355 g/mol. The predicted molar refractivity (Wildman–Crippen MR) is 102 cm³/mol. The van der Waals surface area contributed by atoms with Crippen molar-refractivity contribution in [1.82, 2.24) is 10.3 Å². The number of hydrogen-bond acceptors (Lipinski definition) is 5. The van der Waals surface area contributed by atoms with Gasteiger partial charge in [-0.3, -0.25) is 4.79 Å². The first kappa shape index (κ1) is 19.4. The molecule has 26 heavy (non-hydrogen) atoms. The van der Waals surface area contributed by atoms with Gasteiger partial charge in [-0.05, 0) is 37.6 Å². The summed E-state index contributed by atoms with van der Waals surface area (Å²) in [4.78, 5) is 28.2. The van der Waals surface area contributed by atoms with Gasteiger partial charge in [0.1, 0.15) is 5.69 Å². The van der Waals surface area contributed by atoms with E-state index in [1.54, 1.807) is 43.5 Å². The average molecular weight is 355 g/mol. The van der Waals surface area contributed by atoms with Gasteiger partial charge in [0.15, 0.2) is 0 Å². The molecule has 6 heteroatoms. The number of amides is 1. The SMILES string of the molecule is CCCCCNC(=O)c1ccc(Nc2ccccc2C(=O)OCC)cn1. The van der Waals surface area contributed by atoms with E-state index < -0.39 is 0 Å². The van der Waals surface area contributed by atoms with Gasteiger partial charge in [0.2, 0.25) is 0 Å². The number of unbranched alkanes of at least 4 members (excludes halogenated alkanes) is 2. The third-order valence-corrected chi connectivity index (χ3v) is 3.76. The summed E-state index contributed by atoms with van der Waals surface area (Å²) in [5.41, 5.74) is 2.13. The maximum atomic E-state index is 12.0. The molecule has 2 aromatic rings. The molecule has 0 saturated heterocycles. The number of para-hydroxylation sites is 1. The fraction of sp³-hybridized carbons (Fsp3) is 0.350. The summed E-state index contributed by atoms with van der Waals surface area (Å²) in [6.07, 6.45) is 4.74. The highest BCUT2D eigenvalue weighted by atomic mass is 16.5. The molecule has 0 atom stereocenters. The number of pyridine rings is 1. The molecule has 1 aromatic heterocycles. The number of nitrogens with zero attached hydrogens (tertiary/aromatic N) is 1. The number of ether oxygens (including phenoxy) is 1. The quantitative estimate of drug-likeness (QED) is 0.526. The predicted octanol–water partition coefficient (Wildman–Crippen LogP) is 3.92. The topological polar surface area (TPSA) is 80.3 Å². The highest BCUT2D eigenvalue weighted by molar-refractivity contribution is 5.96. The van der Waals surface area contributed by atoms with Crippen LogP contribution in [0.25, 0.3) is 0 Å². The number of esters is 1. The second-order valence-electron chi connectivity index (χ2n) is 5.79. The molecule has 1 amide bonds. The Labute approximate surface area is 154 Å². The van der Waals surface area contributed by atoms with Crippen molar-refractivity contribution < 1.29 is 14.3 Å². The number of nitrogens with one attached hydrogen (secondary N) is 2. The summed E-state index contributed by atoms with van der Waals surface area (Å²) in [6, 6.07) is 10.5. The van der Waals surface area contributed by atoms with Gasteiger partial charge in [-0.15, -0.1) is 0 Å². The molecule has 0 fully saturated rings. The van der Waals surface area contributed by atoms with Crippen LogP contribution in [0.2, 0.25) is 0 Å². The van der Waals surface area contributed by atoms with Crippen molar-refractivity contribution in [3.8, 4) is 0 Å². The van der Waals surface area contributed by atoms with Gasteiger partial charge in [-0.25, -0.2) is 9.78 Å². The minimum absolute atomic E-state index is 0.181. The highest BCUT2D eigenvalue weighted by Crippen LogP contribution is 2.21. The zero-order valence-corrected chi connectivity index (χ0v) is 15.2. The highest BCUT2D eigenvalue weighted by Gasteiger charge is 2.12. The molecule has 0 aliphatic carbocycles. The van der Waals surface area contributed by atoms with Crippen LogP contribution in [0.5, 0.6) is 0 Å². The Kier molecular flexibility index (Phi) is 7.61. The van der Waals surface area contributed by atoms with Gasteiger partial charge in [0.25, 0.3) is 5.91 Å². The second kappa shape index (κ2) is 10.2. The molecule has 0 spiro atoms. The van der Waals surface area contributed by atoms with E-state index in [2.05, 4.69) is 22.5 Å². The van der Waals surface area contributed by atoms with Crippen LogP contribution in [0.1, 0.15) is 54.0 Å². The van der Waals surface area contributed by atoms with Crippen molar-refractivity contribution in [3.63, 3.8) is 0 Å². The molecule has 0 aliphatic rings. The Balaban J connectivity index is 2.01. The zero-order chi connectivity index (χ0) is 18.8. The normalized spacial score (nSPS) is 10.2. The number of rotatable bonds is 9. The molecule has 2 N–H and O–H groups in total. The largest absolute Gasteiger partial charge is 0.462 e. The third-order valence-electron chi connectivity index (χ3n) is 3.76. The van der Waals surface area contributed by atoms with Gasteiger partial charge in [-0.1, -0.05) is 31.9 Å². The molecule has 1 aromatic carbocycles. The Morgan fingerprint density at radius 1 is 1.08 bits per heavy atom. The van der Waals surface area contributed by atoms with Gasteiger partial charge in [0, 0.05) is 6.54 Å². The Morgan fingerprint density at radius 2 is 1.88 bits per heavy atom. The minimum Gasteiger partial charge on any atom is -0.462 e. The first-order valence-electron chi connectivity index (χ1n) is 8.93. The van der Waals surface area contributed by atoms with Crippen molar-refractivity contribution in [2.75, 3.05) is 18.5 Å². The van der Waals surface area contributed by atoms with E-state index in [4.69, 9.17) is 4.74 Å². The molecule has 0 aliphatic heterocycles. The summed E-state index contributed by atoms with van der Waals surface area (Å²) < 4.78 is 5.06. The molecule has 0 radical (unpaired) electrons. The maximum Gasteiger partial charge on any atom is 0.340 e. The molecular formula is C20H25N3O3. The van der Waals surface area contributed by atoms with E-state index in [9.17, 15) is 9.59 Å². The van der Waals surface area contributed by atoms with E-state index in [0.29, 0.717) is 35.8 Å². The van der Waals surface area contributed by atoms with E-state index in [0.717, 1.165) is 19.3 Å². The molecule has 1 heterocycles. The standard InChI is InChI=1S/C20H25N3O3/c1-3-5-8-13-21-19(24)18-12-11-15(14-22-18)23-17-10-7-6-9-16(17)20(25)26-4-2/h6-7,9-12,14,23H,3-5,8,13H2,1-2H3,(H,21,24). The molecular weight excluding hydrogens is 330 g/mol. The van der Waals surface area contributed by atoms with Crippen molar-refractivity contribution in [2.45, 2.75) is 33.1 Å². The number of carbonyl (C=O) groups is 2. The number of aromatic nitrogens is 1. The van der Waals surface area contributed by atoms with E-state index >= 15 is 0 Å². The summed E-state index contributed by atoms with van der Waals surface area (Å²) in [5, 5.41) is 6.00. The summed E-state index contributed by atoms with van der Waals surface area (Å²) in [6.45, 7) is 4.86. The van der Waals surface area contributed by atoms with Crippen molar-refractivity contribution in [1.29, 1.82) is 0 Å². The second-order valence-corrected chi connectivity index (χ2v) is 5.79. The molecule has 0 bridgehead atoms. The van der Waals surface area contributed by atoms with Gasteiger partial charge in [0.05, 0.1) is 29.7 Å². The number of hydrogen-bond donors (Lipinski definition) is 2. The van der Waals surface area contributed by atoms with Crippen LogP contribution in [-0.4, -0.2) is 30.0 Å². The van der Waals surface area contributed by atoms with Crippen LogP contribution in [0.15, 0.2) is 42.6 Å². The van der Waals surface area contributed by atoms with Gasteiger partial charge in [-0.2, -0.15) is 0 Å². The van der Waals surface area contributed by atoms with Crippen LogP contribution in [0, 0.1) is 0 Å². The lowest BCUT2D eigenvalue weighted by Gasteiger charge is -2.11. The molecule has 0 saturated carbocycles. The van der Waals surface area contributed by atoms with Crippen LogP contribution in [0.4, 0.5) is 11.4 Å². The van der Waals surface area contributed by atoms with Crippen LogP contribution in [-0.2, 0) is 4.74 Å². The lowest BCUT2D eigenvalue weighted by atomic mass is 10.1. The lowest BCUT2D eigenvalue weighted by Crippen LogP contribution is -2.25. The number of anilines is 2. The first-order valence-corrected chi connectivity index (χ1v) is 8.93. The van der Waals surface area contributed by atoms with E-state index in [1.165, 1.54) is 0 Å². The summed E-state index contributed by atoms with van der Waals surface area (Å²) in [7, 11) is 0. The van der Waals surface area contributed by atoms with E-state index in [-0.39, 0.29) is 11.9 Å². The fourth-order valence-corrected chi connectivity index (χ4v) is 2.40. The number of benzene rings is 1. The van der Waals surface area contributed by atoms with Crippen LogP contribution in [0.3, 0.4) is 0 Å². The average Bonchev–Trinajstić information content (AvgIpc) is 2.66. The van der Waals surface area contributed by atoms with E-state index in [1.807, 2.05) is 6.07 Å². The maximum absolute atomic E-state index is 12.0. The fourth-order valence-electron chi connectivity index (χ4n) is 2.40. The molecule has 2 rings (SSSR count). The van der Waals surface area contributed by atoms with Crippen LogP contribution < -0.4 is 10.6 Å². The van der Waals surface area contributed by atoms with Gasteiger partial charge >= 0.3 is 5.97 Å². The third kappa shape index (κ3) is 5.58. The molecule has 138 valence electrons. The summed E-state index contributed by atoms with van der Waals surface area (Å²) >= 11 is 0. The summed E-state index contributed by atoms with van der Waals surface area (Å²) in [5.74, 6) is -0.564.